The smallest absolute Gasteiger partial charge is 0.113 e. The Labute approximate surface area is 88.2 Å². The molecule has 2 aromatic heterocycles. The summed E-state index contributed by atoms with van der Waals surface area (Å²) >= 11 is 0. The van der Waals surface area contributed by atoms with Crippen LogP contribution in [0.5, 0.6) is 0 Å². The Hall–Kier alpha value is -1.75. The Morgan fingerprint density at radius 2 is 2.20 bits per heavy atom. The summed E-state index contributed by atoms with van der Waals surface area (Å²) in [5.41, 5.74) is 2.78. The summed E-state index contributed by atoms with van der Waals surface area (Å²) in [4.78, 5) is 8.22. The summed E-state index contributed by atoms with van der Waals surface area (Å²) in [6, 6.07) is 2.01. The molecule has 0 aliphatic carbocycles. The lowest BCUT2D eigenvalue weighted by Crippen LogP contribution is -2.09. The zero-order valence-electron chi connectivity index (χ0n) is 8.81. The first-order chi connectivity index (χ1) is 7.31. The van der Waals surface area contributed by atoms with E-state index in [-0.39, 0.29) is 0 Å². The quantitative estimate of drug-likeness (QED) is 0.793. The second kappa shape index (κ2) is 4.18. The second-order valence-corrected chi connectivity index (χ2v) is 3.27. The van der Waals surface area contributed by atoms with Gasteiger partial charge in [0, 0.05) is 26.0 Å². The van der Waals surface area contributed by atoms with E-state index in [0.717, 1.165) is 23.6 Å². The minimum atomic E-state index is 0.795. The normalized spacial score (nSPS) is 10.5. The van der Waals surface area contributed by atoms with E-state index in [1.165, 1.54) is 0 Å². The standard InChI is InChI=1S/C10H13N5/c1-11-6-8-5-9(14-15(8)2)10-7-12-3-4-13-10/h3-5,7,11H,6H2,1-2H3. The summed E-state index contributed by atoms with van der Waals surface area (Å²) < 4.78 is 1.85. The molecule has 0 amide bonds. The molecule has 0 atom stereocenters. The van der Waals surface area contributed by atoms with Gasteiger partial charge in [-0.1, -0.05) is 0 Å². The molecule has 0 saturated heterocycles. The van der Waals surface area contributed by atoms with Gasteiger partial charge in [-0.25, -0.2) is 0 Å². The molecule has 0 spiro atoms. The van der Waals surface area contributed by atoms with Gasteiger partial charge in [-0.3, -0.25) is 14.6 Å². The van der Waals surface area contributed by atoms with E-state index in [1.54, 1.807) is 18.6 Å². The van der Waals surface area contributed by atoms with Crippen molar-refractivity contribution in [1.29, 1.82) is 0 Å². The van der Waals surface area contributed by atoms with Crippen LogP contribution in [0.1, 0.15) is 5.69 Å². The molecule has 2 aromatic rings. The van der Waals surface area contributed by atoms with Gasteiger partial charge < -0.3 is 5.32 Å². The van der Waals surface area contributed by atoms with E-state index in [0.29, 0.717) is 0 Å². The number of rotatable bonds is 3. The van der Waals surface area contributed by atoms with E-state index < -0.39 is 0 Å². The number of aryl methyl sites for hydroxylation is 1. The molecule has 1 N–H and O–H groups in total. The molecule has 0 radical (unpaired) electrons. The minimum Gasteiger partial charge on any atom is -0.314 e. The predicted octanol–water partition coefficient (Wildman–Crippen LogP) is 0.596. The molecular weight excluding hydrogens is 190 g/mol. The Balaban J connectivity index is 2.34. The topological polar surface area (TPSA) is 55.6 Å². The van der Waals surface area contributed by atoms with Crippen LogP contribution >= 0.6 is 0 Å². The maximum absolute atomic E-state index is 4.37. The molecule has 0 bridgehead atoms. The van der Waals surface area contributed by atoms with Crippen molar-refractivity contribution in [2.24, 2.45) is 7.05 Å². The van der Waals surface area contributed by atoms with Crippen LogP contribution < -0.4 is 5.32 Å². The van der Waals surface area contributed by atoms with Crippen LogP contribution in [-0.4, -0.2) is 26.8 Å². The van der Waals surface area contributed by atoms with Gasteiger partial charge >= 0.3 is 0 Å². The van der Waals surface area contributed by atoms with Crippen LogP contribution in [-0.2, 0) is 13.6 Å². The molecule has 5 heteroatoms. The molecule has 2 rings (SSSR count). The molecule has 0 saturated carbocycles. The SMILES string of the molecule is CNCc1cc(-c2cnccn2)nn1C. The van der Waals surface area contributed by atoms with Gasteiger partial charge in [-0.05, 0) is 13.1 Å². The monoisotopic (exact) mass is 203 g/mol. The van der Waals surface area contributed by atoms with E-state index >= 15 is 0 Å². The number of hydrogen-bond donors (Lipinski definition) is 1. The fourth-order valence-electron chi connectivity index (χ4n) is 1.41. The number of hydrogen-bond acceptors (Lipinski definition) is 4. The van der Waals surface area contributed by atoms with Gasteiger partial charge in [0.25, 0.3) is 0 Å². The fourth-order valence-corrected chi connectivity index (χ4v) is 1.41. The van der Waals surface area contributed by atoms with Gasteiger partial charge in [0.1, 0.15) is 11.4 Å². The summed E-state index contributed by atoms with van der Waals surface area (Å²) in [7, 11) is 3.83. The van der Waals surface area contributed by atoms with Crippen LogP contribution in [0.15, 0.2) is 24.7 Å². The van der Waals surface area contributed by atoms with E-state index in [9.17, 15) is 0 Å². The first-order valence-electron chi connectivity index (χ1n) is 4.75. The fraction of sp³-hybridized carbons (Fsp3) is 0.300. The first-order valence-corrected chi connectivity index (χ1v) is 4.75. The Morgan fingerprint density at radius 1 is 1.33 bits per heavy atom. The van der Waals surface area contributed by atoms with Crippen molar-refractivity contribution in [3.8, 4) is 11.4 Å². The summed E-state index contributed by atoms with van der Waals surface area (Å²) in [5, 5.41) is 7.47. The first kappa shape index (κ1) is 9.79. The number of nitrogens with one attached hydrogen (secondary N) is 1. The second-order valence-electron chi connectivity index (χ2n) is 3.27. The molecule has 0 fully saturated rings. The third-order valence-corrected chi connectivity index (χ3v) is 2.16. The molecule has 2 heterocycles. The minimum absolute atomic E-state index is 0.795. The van der Waals surface area contributed by atoms with Crippen LogP contribution in [0.4, 0.5) is 0 Å². The summed E-state index contributed by atoms with van der Waals surface area (Å²) in [6.45, 7) is 0.795. The molecule has 0 aliphatic rings. The summed E-state index contributed by atoms with van der Waals surface area (Å²) in [6.07, 6.45) is 5.04. The predicted molar refractivity (Wildman–Crippen MR) is 57.0 cm³/mol. The zero-order valence-corrected chi connectivity index (χ0v) is 8.81. The van der Waals surface area contributed by atoms with E-state index in [2.05, 4.69) is 20.4 Å². The van der Waals surface area contributed by atoms with Gasteiger partial charge in [0.2, 0.25) is 0 Å². The lowest BCUT2D eigenvalue weighted by molar-refractivity contribution is 0.673. The third kappa shape index (κ3) is 2.02. The highest BCUT2D eigenvalue weighted by atomic mass is 15.3. The maximum Gasteiger partial charge on any atom is 0.113 e. The van der Waals surface area contributed by atoms with Crippen molar-refractivity contribution < 1.29 is 0 Å². The van der Waals surface area contributed by atoms with Gasteiger partial charge in [0.15, 0.2) is 0 Å². The van der Waals surface area contributed by atoms with Crippen molar-refractivity contribution in [1.82, 2.24) is 25.1 Å². The Bertz CT molecular complexity index is 434. The molecule has 0 unspecified atom stereocenters. The van der Waals surface area contributed by atoms with Crippen molar-refractivity contribution in [3.05, 3.63) is 30.4 Å². The van der Waals surface area contributed by atoms with Crippen molar-refractivity contribution in [3.63, 3.8) is 0 Å². The van der Waals surface area contributed by atoms with E-state index in [1.807, 2.05) is 24.8 Å². The van der Waals surface area contributed by atoms with Crippen molar-refractivity contribution in [2.75, 3.05) is 7.05 Å². The van der Waals surface area contributed by atoms with Crippen LogP contribution in [0.25, 0.3) is 11.4 Å². The number of nitrogens with zero attached hydrogens (tertiary/aromatic N) is 4. The Morgan fingerprint density at radius 3 is 2.87 bits per heavy atom. The largest absolute Gasteiger partial charge is 0.314 e. The van der Waals surface area contributed by atoms with Gasteiger partial charge in [-0.15, -0.1) is 0 Å². The van der Waals surface area contributed by atoms with Crippen LogP contribution in [0, 0.1) is 0 Å². The highest BCUT2D eigenvalue weighted by Gasteiger charge is 2.06. The maximum atomic E-state index is 4.37. The average Bonchev–Trinajstić information content (AvgIpc) is 2.63. The third-order valence-electron chi connectivity index (χ3n) is 2.16. The molecule has 5 nitrogen and oxygen atoms in total. The highest BCUT2D eigenvalue weighted by molar-refractivity contribution is 5.52. The molecule has 0 aliphatic heterocycles. The van der Waals surface area contributed by atoms with E-state index in [4.69, 9.17) is 0 Å². The van der Waals surface area contributed by atoms with Gasteiger partial charge in [0.05, 0.1) is 11.9 Å². The van der Waals surface area contributed by atoms with Crippen molar-refractivity contribution >= 4 is 0 Å². The number of aromatic nitrogens is 4. The lowest BCUT2D eigenvalue weighted by atomic mass is 10.3. The zero-order chi connectivity index (χ0) is 10.7. The van der Waals surface area contributed by atoms with Crippen molar-refractivity contribution in [2.45, 2.75) is 6.54 Å². The summed E-state index contributed by atoms with van der Waals surface area (Å²) in [5.74, 6) is 0. The van der Waals surface area contributed by atoms with Gasteiger partial charge in [-0.2, -0.15) is 5.10 Å². The van der Waals surface area contributed by atoms with Crippen LogP contribution in [0.3, 0.4) is 0 Å². The molecule has 0 aromatic carbocycles. The molecular formula is C10H13N5. The average molecular weight is 203 g/mol. The lowest BCUT2D eigenvalue weighted by Gasteiger charge is -1.97. The molecule has 78 valence electrons. The molecule has 15 heavy (non-hydrogen) atoms. The van der Waals surface area contributed by atoms with Crippen LogP contribution in [0.2, 0.25) is 0 Å². The Kier molecular flexibility index (Phi) is 2.73. The highest BCUT2D eigenvalue weighted by Crippen LogP contribution is 2.14.